The van der Waals surface area contributed by atoms with Crippen LogP contribution in [0.2, 0.25) is 0 Å². The standard InChI is InChI=1S/C30H24N4OS/c35-30(32-27-19-25(27)20-8-2-1-3-9-20)24-11-4-5-12-29(24)36-22-14-15-23-26(33-34-28(23)18-22)16-13-21-10-6-7-17-31-21/h1-18,25,27H,19H2,(H,32,35)(H,33,34). The van der Waals surface area contributed by atoms with E-state index in [4.69, 9.17) is 0 Å². The number of aromatic nitrogens is 3. The van der Waals surface area contributed by atoms with Crippen LogP contribution in [0.4, 0.5) is 0 Å². The Morgan fingerprint density at radius 1 is 0.944 bits per heavy atom. The third-order valence-corrected chi connectivity index (χ3v) is 7.42. The Morgan fingerprint density at radius 3 is 2.64 bits per heavy atom. The quantitative estimate of drug-likeness (QED) is 0.272. The number of hydrogen-bond acceptors (Lipinski definition) is 4. The average Bonchev–Trinajstić information content (AvgIpc) is 3.58. The molecule has 2 atom stereocenters. The summed E-state index contributed by atoms with van der Waals surface area (Å²) in [5, 5.41) is 11.9. The fourth-order valence-electron chi connectivity index (χ4n) is 4.39. The zero-order valence-electron chi connectivity index (χ0n) is 19.5. The Labute approximate surface area is 213 Å². The first kappa shape index (κ1) is 22.3. The van der Waals surface area contributed by atoms with Crippen molar-refractivity contribution in [2.24, 2.45) is 0 Å². The molecular weight excluding hydrogens is 464 g/mol. The monoisotopic (exact) mass is 488 g/mol. The molecule has 2 N–H and O–H groups in total. The zero-order chi connectivity index (χ0) is 24.3. The van der Waals surface area contributed by atoms with Crippen molar-refractivity contribution in [3.63, 3.8) is 0 Å². The lowest BCUT2D eigenvalue weighted by atomic mass is 10.1. The zero-order valence-corrected chi connectivity index (χ0v) is 20.3. The van der Waals surface area contributed by atoms with E-state index < -0.39 is 0 Å². The first-order chi connectivity index (χ1) is 17.7. The fourth-order valence-corrected chi connectivity index (χ4v) is 5.37. The van der Waals surface area contributed by atoms with Crippen LogP contribution < -0.4 is 5.32 Å². The van der Waals surface area contributed by atoms with Gasteiger partial charge in [-0.15, -0.1) is 0 Å². The fraction of sp³-hybridized carbons (Fsp3) is 0.100. The first-order valence-electron chi connectivity index (χ1n) is 11.9. The van der Waals surface area contributed by atoms with Gasteiger partial charge in [-0.3, -0.25) is 14.9 Å². The van der Waals surface area contributed by atoms with Gasteiger partial charge in [-0.25, -0.2) is 0 Å². The number of pyridine rings is 1. The molecule has 0 saturated heterocycles. The summed E-state index contributed by atoms with van der Waals surface area (Å²) in [5.41, 5.74) is 4.69. The Hall–Kier alpha value is -4.16. The van der Waals surface area contributed by atoms with Gasteiger partial charge in [0.25, 0.3) is 5.91 Å². The molecule has 176 valence electrons. The van der Waals surface area contributed by atoms with E-state index in [9.17, 15) is 4.79 Å². The highest BCUT2D eigenvalue weighted by Gasteiger charge is 2.39. The van der Waals surface area contributed by atoms with Crippen molar-refractivity contribution in [3.8, 4) is 0 Å². The second-order valence-electron chi connectivity index (χ2n) is 8.84. The number of carbonyl (C=O) groups is 1. The summed E-state index contributed by atoms with van der Waals surface area (Å²) < 4.78 is 0. The van der Waals surface area contributed by atoms with Crippen LogP contribution in [0.25, 0.3) is 23.1 Å². The molecule has 0 bridgehead atoms. The number of nitrogens with zero attached hydrogens (tertiary/aromatic N) is 2. The van der Waals surface area contributed by atoms with Gasteiger partial charge in [0.05, 0.1) is 22.5 Å². The van der Waals surface area contributed by atoms with Crippen LogP contribution in [0, 0.1) is 0 Å². The van der Waals surface area contributed by atoms with Gasteiger partial charge in [-0.1, -0.05) is 60.3 Å². The van der Waals surface area contributed by atoms with Crippen LogP contribution in [-0.4, -0.2) is 27.1 Å². The van der Waals surface area contributed by atoms with Gasteiger partial charge in [0.2, 0.25) is 0 Å². The van der Waals surface area contributed by atoms with Crippen LogP contribution >= 0.6 is 11.8 Å². The summed E-state index contributed by atoms with van der Waals surface area (Å²) in [4.78, 5) is 19.4. The van der Waals surface area contributed by atoms with Crippen LogP contribution in [-0.2, 0) is 0 Å². The maximum absolute atomic E-state index is 13.1. The minimum absolute atomic E-state index is 0.0221. The van der Waals surface area contributed by atoms with E-state index >= 15 is 0 Å². The van der Waals surface area contributed by atoms with Gasteiger partial charge < -0.3 is 5.32 Å². The topological polar surface area (TPSA) is 70.7 Å². The summed E-state index contributed by atoms with van der Waals surface area (Å²) in [6.07, 6.45) is 6.68. The maximum atomic E-state index is 13.1. The number of amides is 1. The molecule has 0 aliphatic heterocycles. The number of fused-ring (bicyclic) bond motifs is 1. The van der Waals surface area contributed by atoms with E-state index in [1.165, 1.54) is 5.56 Å². The summed E-state index contributed by atoms with van der Waals surface area (Å²) in [5.74, 6) is 0.379. The average molecular weight is 489 g/mol. The SMILES string of the molecule is O=C(NC1CC1c1ccccc1)c1ccccc1Sc1ccc2c(C=Cc3ccccn3)n[nH]c2c1. The minimum Gasteiger partial charge on any atom is -0.349 e. The van der Waals surface area contributed by atoms with Gasteiger partial charge in [-0.05, 0) is 66.6 Å². The number of rotatable bonds is 7. The molecular formula is C30H24N4OS. The number of aromatic amines is 1. The molecule has 2 unspecified atom stereocenters. The van der Waals surface area contributed by atoms with Crippen molar-refractivity contribution in [3.05, 3.63) is 120 Å². The third-order valence-electron chi connectivity index (χ3n) is 6.36. The van der Waals surface area contributed by atoms with Gasteiger partial charge in [0.1, 0.15) is 0 Å². The van der Waals surface area contributed by atoms with Crippen molar-refractivity contribution in [1.29, 1.82) is 0 Å². The van der Waals surface area contributed by atoms with Crippen LogP contribution in [0.5, 0.6) is 0 Å². The van der Waals surface area contributed by atoms with Gasteiger partial charge in [0, 0.05) is 33.3 Å². The molecule has 1 aliphatic rings. The van der Waals surface area contributed by atoms with E-state index in [2.05, 4.69) is 63.0 Å². The second-order valence-corrected chi connectivity index (χ2v) is 9.95. The molecule has 6 heteroatoms. The molecule has 6 rings (SSSR count). The highest BCUT2D eigenvalue weighted by molar-refractivity contribution is 7.99. The smallest absolute Gasteiger partial charge is 0.252 e. The van der Waals surface area contributed by atoms with E-state index in [0.29, 0.717) is 11.5 Å². The van der Waals surface area contributed by atoms with Crippen LogP contribution in [0.15, 0.2) is 107 Å². The van der Waals surface area contributed by atoms with Crippen molar-refractivity contribution in [2.75, 3.05) is 0 Å². The minimum atomic E-state index is -0.0221. The molecule has 1 amide bonds. The number of nitrogens with one attached hydrogen (secondary N) is 2. The number of hydrogen-bond donors (Lipinski definition) is 2. The molecule has 0 radical (unpaired) electrons. The van der Waals surface area contributed by atoms with E-state index in [0.717, 1.165) is 38.5 Å². The molecule has 1 fully saturated rings. The molecule has 1 aliphatic carbocycles. The summed E-state index contributed by atoms with van der Waals surface area (Å²) in [7, 11) is 0. The highest BCUT2D eigenvalue weighted by Crippen LogP contribution is 2.41. The van der Waals surface area contributed by atoms with Crippen molar-refractivity contribution in [1.82, 2.24) is 20.5 Å². The molecule has 3 aromatic carbocycles. The number of carbonyl (C=O) groups excluding carboxylic acids is 1. The van der Waals surface area contributed by atoms with Crippen molar-refractivity contribution >= 4 is 40.7 Å². The van der Waals surface area contributed by atoms with Gasteiger partial charge in [0.15, 0.2) is 0 Å². The molecule has 2 heterocycles. The largest absolute Gasteiger partial charge is 0.349 e. The normalized spacial score (nSPS) is 16.9. The number of benzene rings is 3. The maximum Gasteiger partial charge on any atom is 0.252 e. The lowest BCUT2D eigenvalue weighted by molar-refractivity contribution is 0.0947. The molecule has 2 aromatic heterocycles. The molecule has 5 aromatic rings. The van der Waals surface area contributed by atoms with Crippen molar-refractivity contribution < 1.29 is 4.79 Å². The van der Waals surface area contributed by atoms with E-state index in [1.807, 2.05) is 60.7 Å². The Morgan fingerprint density at radius 2 is 1.78 bits per heavy atom. The lowest BCUT2D eigenvalue weighted by Crippen LogP contribution is -2.27. The molecule has 0 spiro atoms. The predicted octanol–water partition coefficient (Wildman–Crippen LogP) is 6.57. The van der Waals surface area contributed by atoms with Gasteiger partial charge >= 0.3 is 0 Å². The van der Waals surface area contributed by atoms with E-state index in [-0.39, 0.29) is 11.9 Å². The third kappa shape index (κ3) is 4.81. The summed E-state index contributed by atoms with van der Waals surface area (Å²) in [6.45, 7) is 0. The Balaban J connectivity index is 1.17. The van der Waals surface area contributed by atoms with Crippen LogP contribution in [0.3, 0.4) is 0 Å². The van der Waals surface area contributed by atoms with E-state index in [1.54, 1.807) is 18.0 Å². The molecule has 5 nitrogen and oxygen atoms in total. The second kappa shape index (κ2) is 9.84. The predicted molar refractivity (Wildman–Crippen MR) is 145 cm³/mol. The highest BCUT2D eigenvalue weighted by atomic mass is 32.2. The van der Waals surface area contributed by atoms with Crippen LogP contribution in [0.1, 0.15) is 39.6 Å². The molecule has 36 heavy (non-hydrogen) atoms. The Bertz CT molecular complexity index is 1550. The molecule has 1 saturated carbocycles. The summed E-state index contributed by atoms with van der Waals surface area (Å²) >= 11 is 1.58. The van der Waals surface area contributed by atoms with Crippen molar-refractivity contribution in [2.45, 2.75) is 28.2 Å². The number of H-pyrrole nitrogens is 1. The first-order valence-corrected chi connectivity index (χ1v) is 12.8. The lowest BCUT2D eigenvalue weighted by Gasteiger charge is -2.10. The summed E-state index contributed by atoms with van der Waals surface area (Å²) in [6, 6.07) is 30.4. The van der Waals surface area contributed by atoms with Gasteiger partial charge in [-0.2, -0.15) is 5.10 Å². The Kier molecular flexibility index (Phi) is 6.10.